The van der Waals surface area contributed by atoms with E-state index in [0.717, 1.165) is 29.6 Å². The molecule has 0 aliphatic carbocycles. The van der Waals surface area contributed by atoms with Crippen molar-refractivity contribution in [2.24, 2.45) is 0 Å². The molecular formula is C22H18FN9O3S. The van der Waals surface area contributed by atoms with Crippen LogP contribution in [0.2, 0.25) is 0 Å². The van der Waals surface area contributed by atoms with E-state index in [4.69, 9.17) is 4.74 Å². The molecule has 0 radical (unpaired) electrons. The number of hydrogen-bond donors (Lipinski definition) is 2. The number of anilines is 1. The molecule has 0 atom stereocenters. The van der Waals surface area contributed by atoms with Crippen LogP contribution in [0.15, 0.2) is 65.6 Å². The third-order valence-electron chi connectivity index (χ3n) is 5.02. The molecule has 0 aliphatic heterocycles. The fourth-order valence-electron chi connectivity index (χ4n) is 3.39. The molecule has 0 aliphatic rings. The van der Waals surface area contributed by atoms with E-state index in [9.17, 15) is 12.8 Å². The number of benzene rings is 2. The quantitative estimate of drug-likeness (QED) is 0.338. The summed E-state index contributed by atoms with van der Waals surface area (Å²) >= 11 is 0. The maximum atomic E-state index is 14.1. The van der Waals surface area contributed by atoms with Crippen molar-refractivity contribution in [2.45, 2.75) is 18.7 Å². The smallest absolute Gasteiger partial charge is 0.261 e. The molecule has 0 saturated heterocycles. The van der Waals surface area contributed by atoms with Crippen molar-refractivity contribution in [3.8, 4) is 28.8 Å². The molecule has 0 unspecified atom stereocenters. The maximum absolute atomic E-state index is 14.1. The van der Waals surface area contributed by atoms with E-state index in [2.05, 4.69) is 40.6 Å². The van der Waals surface area contributed by atoms with E-state index in [-0.39, 0.29) is 27.9 Å². The Bertz CT molecular complexity index is 1620. The number of hydrogen-bond acceptors (Lipinski definition) is 9. The van der Waals surface area contributed by atoms with Gasteiger partial charge in [0.2, 0.25) is 11.7 Å². The number of aromatic nitrogens is 8. The lowest BCUT2D eigenvalue weighted by Gasteiger charge is -2.10. The van der Waals surface area contributed by atoms with Gasteiger partial charge in [0.15, 0.2) is 5.82 Å². The Labute approximate surface area is 204 Å². The van der Waals surface area contributed by atoms with Crippen LogP contribution in [0.25, 0.3) is 17.2 Å². The molecule has 5 aromatic rings. The number of tetrazole rings is 1. The highest BCUT2D eigenvalue weighted by Crippen LogP contribution is 2.26. The molecular weight excluding hydrogens is 489 g/mol. The topological polar surface area (TPSA) is 153 Å². The first-order valence-electron chi connectivity index (χ1n) is 10.5. The molecule has 2 aromatic carbocycles. The van der Waals surface area contributed by atoms with Crippen LogP contribution in [0.3, 0.4) is 0 Å². The summed E-state index contributed by atoms with van der Waals surface area (Å²) in [5, 5.41) is 25.5. The Balaban J connectivity index is 1.28. The third-order valence-corrected chi connectivity index (χ3v) is 6.39. The van der Waals surface area contributed by atoms with Gasteiger partial charge in [-0.25, -0.2) is 17.5 Å². The molecule has 0 amide bonds. The summed E-state index contributed by atoms with van der Waals surface area (Å²) in [4.78, 5) is -0.165. The monoisotopic (exact) mass is 507 g/mol. The molecule has 0 bridgehead atoms. The van der Waals surface area contributed by atoms with Gasteiger partial charge in [-0.1, -0.05) is 0 Å². The second kappa shape index (κ2) is 9.14. The van der Waals surface area contributed by atoms with Gasteiger partial charge in [-0.2, -0.15) is 10.3 Å². The number of aromatic amines is 1. The number of rotatable bonds is 7. The molecule has 3 aromatic heterocycles. The van der Waals surface area contributed by atoms with Crippen LogP contribution in [-0.2, 0) is 10.0 Å². The summed E-state index contributed by atoms with van der Waals surface area (Å²) in [5.41, 5.74) is 1.98. The molecule has 5 rings (SSSR count). The van der Waals surface area contributed by atoms with E-state index >= 15 is 0 Å². The van der Waals surface area contributed by atoms with E-state index in [0.29, 0.717) is 11.6 Å². The molecule has 182 valence electrons. The molecule has 2 N–H and O–H groups in total. The predicted molar refractivity (Wildman–Crippen MR) is 126 cm³/mol. The largest absolute Gasteiger partial charge is 0.438 e. The number of halogens is 1. The minimum atomic E-state index is -4.02. The minimum absolute atomic E-state index is 0.0583. The molecule has 12 nitrogen and oxygen atoms in total. The average molecular weight is 508 g/mol. The van der Waals surface area contributed by atoms with Crippen molar-refractivity contribution in [3.63, 3.8) is 0 Å². The van der Waals surface area contributed by atoms with Gasteiger partial charge in [-0.15, -0.1) is 20.4 Å². The maximum Gasteiger partial charge on any atom is 0.261 e. The SMILES string of the molecule is Cc1cc(C)n(-c2ccc(Oc3ccc(NS(=O)(=O)c4ccc(F)c(-c5nn[nH]n5)c4)cc3)nn2)n1. The zero-order valence-corrected chi connectivity index (χ0v) is 19.7. The van der Waals surface area contributed by atoms with Crippen LogP contribution in [0.5, 0.6) is 11.6 Å². The van der Waals surface area contributed by atoms with Gasteiger partial charge in [-0.3, -0.25) is 4.72 Å². The summed E-state index contributed by atoms with van der Waals surface area (Å²) in [6, 6.07) is 14.8. The Kier molecular flexibility index (Phi) is 5.85. The normalized spacial score (nSPS) is 11.4. The predicted octanol–water partition coefficient (Wildman–Crippen LogP) is 3.19. The van der Waals surface area contributed by atoms with Crippen LogP contribution in [0.4, 0.5) is 10.1 Å². The summed E-state index contributed by atoms with van der Waals surface area (Å²) in [5.74, 6) is 0.502. The number of sulfonamides is 1. The summed E-state index contributed by atoms with van der Waals surface area (Å²) < 4.78 is 49.6. The Morgan fingerprint density at radius 2 is 1.78 bits per heavy atom. The molecule has 0 saturated carbocycles. The summed E-state index contributed by atoms with van der Waals surface area (Å²) in [7, 11) is -4.02. The lowest BCUT2D eigenvalue weighted by molar-refractivity contribution is 0.454. The molecule has 14 heteroatoms. The van der Waals surface area contributed by atoms with Crippen LogP contribution in [-0.4, -0.2) is 49.0 Å². The lowest BCUT2D eigenvalue weighted by Crippen LogP contribution is -2.13. The minimum Gasteiger partial charge on any atom is -0.438 e. The zero-order chi connectivity index (χ0) is 25.3. The highest BCUT2D eigenvalue weighted by Gasteiger charge is 2.19. The second-order valence-electron chi connectivity index (χ2n) is 7.68. The molecule has 3 heterocycles. The van der Waals surface area contributed by atoms with Crippen molar-refractivity contribution >= 4 is 15.7 Å². The Hall–Kier alpha value is -4.72. The lowest BCUT2D eigenvalue weighted by atomic mass is 10.2. The first-order chi connectivity index (χ1) is 17.3. The highest BCUT2D eigenvalue weighted by atomic mass is 32.2. The van der Waals surface area contributed by atoms with Gasteiger partial charge >= 0.3 is 0 Å². The zero-order valence-electron chi connectivity index (χ0n) is 18.9. The van der Waals surface area contributed by atoms with Gasteiger partial charge in [0, 0.05) is 17.4 Å². The van der Waals surface area contributed by atoms with E-state index < -0.39 is 15.8 Å². The molecule has 0 fully saturated rings. The van der Waals surface area contributed by atoms with Crippen molar-refractivity contribution in [2.75, 3.05) is 4.72 Å². The third kappa shape index (κ3) is 4.74. The van der Waals surface area contributed by atoms with Crippen LogP contribution in [0, 0.1) is 19.7 Å². The fraction of sp³-hybridized carbons (Fsp3) is 0.0909. The number of ether oxygens (including phenoxy) is 1. The average Bonchev–Trinajstić information content (AvgIpc) is 3.50. The second-order valence-corrected chi connectivity index (χ2v) is 9.36. The Morgan fingerprint density at radius 1 is 0.972 bits per heavy atom. The van der Waals surface area contributed by atoms with Crippen molar-refractivity contribution in [1.29, 1.82) is 0 Å². The number of nitrogens with one attached hydrogen (secondary N) is 2. The number of nitrogens with zero attached hydrogens (tertiary/aromatic N) is 7. The van der Waals surface area contributed by atoms with E-state index in [1.54, 1.807) is 28.9 Å². The Morgan fingerprint density at radius 3 is 2.42 bits per heavy atom. The standard InChI is InChI=1S/C22H18FN9O3S/c1-13-11-14(2)32(28-13)20-9-10-21(25-24-20)35-16-5-3-15(4-6-16)29-36(33,34)17-7-8-19(23)18(12-17)22-26-30-31-27-22/h3-12,29H,1-2H3,(H,26,27,30,31). The van der Waals surface area contributed by atoms with Crippen molar-refractivity contribution in [1.82, 2.24) is 40.6 Å². The van der Waals surface area contributed by atoms with Gasteiger partial charge in [0.25, 0.3) is 10.0 Å². The number of H-pyrrole nitrogens is 1. The first-order valence-corrected chi connectivity index (χ1v) is 12.0. The van der Waals surface area contributed by atoms with Crippen LogP contribution in [0.1, 0.15) is 11.4 Å². The van der Waals surface area contributed by atoms with Gasteiger partial charge in [0.05, 0.1) is 16.2 Å². The van der Waals surface area contributed by atoms with Crippen LogP contribution < -0.4 is 9.46 Å². The first kappa shape index (κ1) is 23.0. The highest BCUT2D eigenvalue weighted by molar-refractivity contribution is 7.92. The van der Waals surface area contributed by atoms with E-state index in [1.165, 1.54) is 12.1 Å². The number of aryl methyl sites for hydroxylation is 2. The van der Waals surface area contributed by atoms with Crippen molar-refractivity contribution in [3.05, 3.63) is 77.9 Å². The van der Waals surface area contributed by atoms with Gasteiger partial charge < -0.3 is 4.74 Å². The van der Waals surface area contributed by atoms with E-state index in [1.807, 2.05) is 19.9 Å². The van der Waals surface area contributed by atoms with Gasteiger partial charge in [0.1, 0.15) is 11.6 Å². The fourth-order valence-corrected chi connectivity index (χ4v) is 4.47. The summed E-state index contributed by atoms with van der Waals surface area (Å²) in [6.45, 7) is 3.82. The van der Waals surface area contributed by atoms with Crippen molar-refractivity contribution < 1.29 is 17.5 Å². The van der Waals surface area contributed by atoms with Crippen LogP contribution >= 0.6 is 0 Å². The summed E-state index contributed by atoms with van der Waals surface area (Å²) in [6.07, 6.45) is 0. The molecule has 36 heavy (non-hydrogen) atoms. The van der Waals surface area contributed by atoms with Gasteiger partial charge in [-0.05, 0) is 73.7 Å². The molecule has 0 spiro atoms.